The van der Waals surface area contributed by atoms with Gasteiger partial charge in [-0.2, -0.15) is 0 Å². The van der Waals surface area contributed by atoms with Gasteiger partial charge in [0.2, 0.25) is 0 Å². The molecule has 0 spiro atoms. The number of likely N-dealkylation sites (tertiary alicyclic amines) is 1. The van der Waals surface area contributed by atoms with E-state index < -0.39 is 5.60 Å². The van der Waals surface area contributed by atoms with Crippen LogP contribution in [-0.2, 0) is 11.3 Å². The first-order valence-electron chi connectivity index (χ1n) is 8.76. The van der Waals surface area contributed by atoms with Crippen LogP contribution in [0, 0.1) is 11.8 Å². The number of carbonyl (C=O) groups excluding carboxylic acids is 1. The topological polar surface area (TPSA) is 41.6 Å². The molecule has 1 aromatic rings. The normalized spacial score (nSPS) is 26.5. The van der Waals surface area contributed by atoms with Gasteiger partial charge in [-0.25, -0.2) is 4.79 Å². The minimum Gasteiger partial charge on any atom is -0.444 e. The number of amides is 1. The second-order valence-electron chi connectivity index (χ2n) is 8.05. The van der Waals surface area contributed by atoms with Crippen molar-refractivity contribution in [3.63, 3.8) is 0 Å². The predicted molar refractivity (Wildman–Crippen MR) is 96.1 cm³/mol. The van der Waals surface area contributed by atoms with Gasteiger partial charge in [-0.15, -0.1) is 0 Å². The van der Waals surface area contributed by atoms with Crippen LogP contribution in [0.3, 0.4) is 0 Å². The lowest BCUT2D eigenvalue weighted by molar-refractivity contribution is 0.0279. The van der Waals surface area contributed by atoms with Gasteiger partial charge in [0.15, 0.2) is 0 Å². The average Bonchev–Trinajstić information content (AvgIpc) is 3.03. The summed E-state index contributed by atoms with van der Waals surface area (Å²) in [5.41, 5.74) is 0.722. The summed E-state index contributed by atoms with van der Waals surface area (Å²) in [6.07, 6.45) is 2.07. The van der Waals surface area contributed by atoms with E-state index in [1.807, 2.05) is 43.9 Å². The van der Waals surface area contributed by atoms with Gasteiger partial charge in [-0.3, -0.25) is 0 Å². The number of hydrogen-bond donors (Lipinski definition) is 1. The summed E-state index contributed by atoms with van der Waals surface area (Å²) in [6, 6.07) is 8.48. The summed E-state index contributed by atoms with van der Waals surface area (Å²) in [5.74, 6) is 1.17. The number of fused-ring (bicyclic) bond motifs is 1. The van der Waals surface area contributed by atoms with Crippen LogP contribution in [0.1, 0.15) is 39.2 Å². The van der Waals surface area contributed by atoms with Crippen molar-refractivity contribution in [1.29, 1.82) is 0 Å². The van der Waals surface area contributed by atoms with E-state index in [9.17, 15) is 4.79 Å². The zero-order valence-corrected chi connectivity index (χ0v) is 15.5. The van der Waals surface area contributed by atoms with Gasteiger partial charge in [-0.1, -0.05) is 29.8 Å². The monoisotopic (exact) mass is 350 g/mol. The number of ether oxygens (including phenoxy) is 1. The molecule has 5 heteroatoms. The van der Waals surface area contributed by atoms with Crippen molar-refractivity contribution in [3.8, 4) is 0 Å². The lowest BCUT2D eigenvalue weighted by Crippen LogP contribution is -2.37. The lowest BCUT2D eigenvalue weighted by Gasteiger charge is -2.25. The fraction of sp³-hybridized carbons (Fsp3) is 0.632. The predicted octanol–water partition coefficient (Wildman–Crippen LogP) is 4.08. The number of nitrogens with zero attached hydrogens (tertiary/aromatic N) is 1. The van der Waals surface area contributed by atoms with Gasteiger partial charge >= 0.3 is 6.09 Å². The summed E-state index contributed by atoms with van der Waals surface area (Å²) in [6.45, 7) is 8.19. The smallest absolute Gasteiger partial charge is 0.410 e. The van der Waals surface area contributed by atoms with Gasteiger partial charge in [0.25, 0.3) is 0 Å². The van der Waals surface area contributed by atoms with Gasteiger partial charge in [0.1, 0.15) is 5.60 Å². The molecule has 0 aromatic heterocycles. The number of nitrogens with one attached hydrogen (secondary N) is 1. The van der Waals surface area contributed by atoms with Gasteiger partial charge < -0.3 is 15.0 Å². The van der Waals surface area contributed by atoms with Crippen LogP contribution in [0.25, 0.3) is 0 Å². The Morgan fingerprint density at radius 3 is 2.46 bits per heavy atom. The number of hydrogen-bond acceptors (Lipinski definition) is 3. The summed E-state index contributed by atoms with van der Waals surface area (Å²) in [5, 5.41) is 4.45. The molecule has 132 valence electrons. The van der Waals surface area contributed by atoms with Crippen molar-refractivity contribution in [2.75, 3.05) is 13.1 Å². The maximum Gasteiger partial charge on any atom is 0.410 e. The fourth-order valence-corrected chi connectivity index (χ4v) is 4.04. The SMILES string of the molecule is CC(C)(C)OC(=O)N1C[C@H]2CC(NCc3ccccc3Cl)C[C@H]2C1. The average molecular weight is 351 g/mol. The van der Waals surface area contributed by atoms with Crippen LogP contribution in [-0.4, -0.2) is 35.7 Å². The van der Waals surface area contributed by atoms with E-state index in [0.717, 1.165) is 43.1 Å². The molecular formula is C19H27ClN2O2. The molecule has 4 nitrogen and oxygen atoms in total. The molecule has 1 saturated heterocycles. The Bertz CT molecular complexity index is 585. The molecule has 2 aliphatic rings. The molecule has 1 aliphatic carbocycles. The summed E-state index contributed by atoms with van der Waals surface area (Å²) < 4.78 is 5.49. The Hall–Kier alpha value is -1.26. The fourth-order valence-electron chi connectivity index (χ4n) is 3.84. The molecule has 1 heterocycles. The van der Waals surface area contributed by atoms with E-state index in [1.165, 1.54) is 0 Å². The van der Waals surface area contributed by atoms with Crippen LogP contribution in [0.4, 0.5) is 4.79 Å². The third-order valence-corrected chi connectivity index (χ3v) is 5.31. The number of halogens is 1. The molecular weight excluding hydrogens is 324 g/mol. The van der Waals surface area contributed by atoms with E-state index in [2.05, 4.69) is 11.4 Å². The summed E-state index contributed by atoms with van der Waals surface area (Å²) >= 11 is 6.21. The Kier molecular flexibility index (Phi) is 5.07. The van der Waals surface area contributed by atoms with Crippen LogP contribution in [0.15, 0.2) is 24.3 Å². The van der Waals surface area contributed by atoms with E-state index >= 15 is 0 Å². The van der Waals surface area contributed by atoms with Crippen molar-refractivity contribution in [2.24, 2.45) is 11.8 Å². The van der Waals surface area contributed by atoms with Crippen molar-refractivity contribution in [2.45, 2.75) is 51.8 Å². The highest BCUT2D eigenvalue weighted by Gasteiger charge is 2.43. The van der Waals surface area contributed by atoms with Crippen LogP contribution in [0.5, 0.6) is 0 Å². The molecule has 1 saturated carbocycles. The van der Waals surface area contributed by atoms with Gasteiger partial charge in [-0.05, 0) is 57.1 Å². The largest absolute Gasteiger partial charge is 0.444 e. The van der Waals surface area contributed by atoms with E-state index in [-0.39, 0.29) is 6.09 Å². The highest BCUT2D eigenvalue weighted by atomic mass is 35.5. The van der Waals surface area contributed by atoms with Crippen LogP contribution in [0.2, 0.25) is 5.02 Å². The van der Waals surface area contributed by atoms with E-state index in [4.69, 9.17) is 16.3 Å². The molecule has 1 aromatic carbocycles. The molecule has 1 amide bonds. The minimum atomic E-state index is -0.423. The maximum atomic E-state index is 12.2. The molecule has 0 radical (unpaired) electrons. The quantitative estimate of drug-likeness (QED) is 0.893. The molecule has 2 fully saturated rings. The molecule has 3 atom stereocenters. The highest BCUT2D eigenvalue weighted by molar-refractivity contribution is 6.31. The molecule has 24 heavy (non-hydrogen) atoms. The van der Waals surface area contributed by atoms with Crippen molar-refractivity contribution in [3.05, 3.63) is 34.9 Å². The maximum absolute atomic E-state index is 12.2. The zero-order chi connectivity index (χ0) is 17.3. The Morgan fingerprint density at radius 1 is 1.25 bits per heavy atom. The van der Waals surface area contributed by atoms with Crippen molar-refractivity contribution in [1.82, 2.24) is 10.2 Å². The van der Waals surface area contributed by atoms with Gasteiger partial charge in [0.05, 0.1) is 0 Å². The standard InChI is InChI=1S/C19H27ClN2O2/c1-19(2,3)24-18(23)22-11-14-8-16(9-15(14)12-22)21-10-13-6-4-5-7-17(13)20/h4-7,14-16,21H,8-12H2,1-3H3/t14-,15+,16?. The first kappa shape index (κ1) is 17.6. The molecule has 1 unspecified atom stereocenters. The Morgan fingerprint density at radius 2 is 1.88 bits per heavy atom. The van der Waals surface area contributed by atoms with Crippen LogP contribution < -0.4 is 5.32 Å². The zero-order valence-electron chi connectivity index (χ0n) is 14.7. The second-order valence-corrected chi connectivity index (χ2v) is 8.45. The van der Waals surface area contributed by atoms with E-state index in [1.54, 1.807) is 0 Å². The van der Waals surface area contributed by atoms with Crippen molar-refractivity contribution >= 4 is 17.7 Å². The third kappa shape index (κ3) is 4.22. The summed E-state index contributed by atoms with van der Waals surface area (Å²) in [7, 11) is 0. The molecule has 1 aliphatic heterocycles. The number of rotatable bonds is 3. The Labute approximate surface area is 149 Å². The highest BCUT2D eigenvalue weighted by Crippen LogP contribution is 2.38. The molecule has 0 bridgehead atoms. The number of carbonyl (C=O) groups is 1. The van der Waals surface area contributed by atoms with Crippen molar-refractivity contribution < 1.29 is 9.53 Å². The molecule has 3 rings (SSSR count). The van der Waals surface area contributed by atoms with E-state index in [0.29, 0.717) is 17.9 Å². The molecule has 1 N–H and O–H groups in total. The summed E-state index contributed by atoms with van der Waals surface area (Å²) in [4.78, 5) is 14.1. The Balaban J connectivity index is 1.47. The lowest BCUT2D eigenvalue weighted by atomic mass is 10.0. The third-order valence-electron chi connectivity index (χ3n) is 4.94. The first-order chi connectivity index (χ1) is 11.3. The second kappa shape index (κ2) is 6.93. The minimum absolute atomic E-state index is 0.169. The van der Waals surface area contributed by atoms with Crippen LogP contribution >= 0.6 is 11.6 Å². The van der Waals surface area contributed by atoms with Gasteiger partial charge in [0, 0.05) is 30.7 Å². The number of benzene rings is 1. The first-order valence-corrected chi connectivity index (χ1v) is 9.14.